The number of rotatable bonds is 3. The quantitative estimate of drug-likeness (QED) is 0.877. The molecule has 2 aliphatic rings. The third kappa shape index (κ3) is 2.38. The number of hydrogen-bond donors (Lipinski definition) is 1. The fourth-order valence-corrected chi connectivity index (χ4v) is 3.96. The first-order chi connectivity index (χ1) is 12.2. The first kappa shape index (κ1) is 15.7. The van der Waals surface area contributed by atoms with Crippen molar-refractivity contribution >= 4 is 11.9 Å². The molecule has 0 aromatic heterocycles. The van der Waals surface area contributed by atoms with Crippen LogP contribution in [-0.4, -0.2) is 23.9 Å². The molecule has 2 aromatic rings. The summed E-state index contributed by atoms with van der Waals surface area (Å²) in [7, 11) is 1.59. The number of imide groups is 1. The molecule has 0 bridgehead atoms. The molecule has 3 amide bonds. The standard InChI is InChI=1S/C20H20N2O3/c1-25-17-11-5-3-8-15(17)13-22-18(23)20(21-19(22)24)12-6-9-14-7-2-4-10-16(14)20/h2-5,7-8,10-11H,6,9,12-13H2,1H3,(H,21,24)/t20-/m1/s1. The van der Waals surface area contributed by atoms with E-state index in [4.69, 9.17) is 4.74 Å². The van der Waals surface area contributed by atoms with Crippen LogP contribution in [0.4, 0.5) is 4.79 Å². The van der Waals surface area contributed by atoms with E-state index >= 15 is 0 Å². The summed E-state index contributed by atoms with van der Waals surface area (Å²) in [5.41, 5.74) is 1.96. The van der Waals surface area contributed by atoms with E-state index in [1.165, 1.54) is 4.90 Å². The van der Waals surface area contributed by atoms with Gasteiger partial charge in [0.25, 0.3) is 5.91 Å². The van der Waals surface area contributed by atoms with E-state index in [1.807, 2.05) is 48.5 Å². The second-order valence-electron chi connectivity index (χ2n) is 6.55. The maximum absolute atomic E-state index is 13.3. The Kier molecular flexibility index (Phi) is 3.71. The molecule has 0 radical (unpaired) electrons. The zero-order chi connectivity index (χ0) is 17.4. The highest BCUT2D eigenvalue weighted by atomic mass is 16.5. The minimum absolute atomic E-state index is 0.171. The summed E-state index contributed by atoms with van der Waals surface area (Å²) in [5.74, 6) is 0.503. The van der Waals surface area contributed by atoms with Crippen LogP contribution in [0.5, 0.6) is 5.75 Å². The molecule has 1 aliphatic heterocycles. The average Bonchev–Trinajstić information content (AvgIpc) is 2.87. The van der Waals surface area contributed by atoms with Crippen molar-refractivity contribution in [3.05, 3.63) is 65.2 Å². The molecule has 5 heteroatoms. The van der Waals surface area contributed by atoms with Crippen LogP contribution in [-0.2, 0) is 23.3 Å². The number of amides is 3. The molecule has 1 atom stereocenters. The zero-order valence-corrected chi connectivity index (χ0v) is 14.1. The average molecular weight is 336 g/mol. The number of urea groups is 1. The monoisotopic (exact) mass is 336 g/mol. The number of para-hydroxylation sites is 1. The number of methoxy groups -OCH3 is 1. The van der Waals surface area contributed by atoms with Gasteiger partial charge in [0, 0.05) is 5.56 Å². The summed E-state index contributed by atoms with van der Waals surface area (Å²) >= 11 is 0. The van der Waals surface area contributed by atoms with Gasteiger partial charge in [-0.1, -0.05) is 42.5 Å². The highest BCUT2D eigenvalue weighted by Crippen LogP contribution is 2.40. The highest BCUT2D eigenvalue weighted by molar-refractivity contribution is 6.07. The molecular formula is C20H20N2O3. The molecule has 4 rings (SSSR count). The van der Waals surface area contributed by atoms with Crippen LogP contribution in [0.2, 0.25) is 0 Å². The van der Waals surface area contributed by atoms with Crippen molar-refractivity contribution in [3.8, 4) is 5.75 Å². The smallest absolute Gasteiger partial charge is 0.325 e. The molecule has 2 aromatic carbocycles. The van der Waals surface area contributed by atoms with Gasteiger partial charge in [0.15, 0.2) is 0 Å². The predicted octanol–water partition coefficient (Wildman–Crippen LogP) is 2.98. The lowest BCUT2D eigenvalue weighted by Gasteiger charge is -2.33. The molecule has 1 spiro atoms. The van der Waals surface area contributed by atoms with Gasteiger partial charge in [-0.3, -0.25) is 9.69 Å². The number of hydrogen-bond acceptors (Lipinski definition) is 3. The Morgan fingerprint density at radius 1 is 1.12 bits per heavy atom. The fourth-order valence-electron chi connectivity index (χ4n) is 3.96. The van der Waals surface area contributed by atoms with E-state index in [0.29, 0.717) is 12.2 Å². The number of ether oxygens (including phenoxy) is 1. The molecule has 5 nitrogen and oxygen atoms in total. The summed E-state index contributed by atoms with van der Waals surface area (Å²) in [6.45, 7) is 0.207. The Morgan fingerprint density at radius 2 is 1.88 bits per heavy atom. The normalized spacial score (nSPS) is 22.0. The van der Waals surface area contributed by atoms with E-state index in [0.717, 1.165) is 29.5 Å². The predicted molar refractivity (Wildman–Crippen MR) is 93.1 cm³/mol. The lowest BCUT2D eigenvalue weighted by Crippen LogP contribution is -2.46. The lowest BCUT2D eigenvalue weighted by molar-refractivity contribution is -0.132. The van der Waals surface area contributed by atoms with Crippen LogP contribution < -0.4 is 10.1 Å². The van der Waals surface area contributed by atoms with E-state index in [2.05, 4.69) is 5.32 Å². The Hall–Kier alpha value is -2.82. The minimum atomic E-state index is -0.923. The number of nitrogens with zero attached hydrogens (tertiary/aromatic N) is 1. The van der Waals surface area contributed by atoms with Crippen LogP contribution in [0.25, 0.3) is 0 Å². The van der Waals surface area contributed by atoms with Gasteiger partial charge in [0.2, 0.25) is 0 Å². The molecule has 0 saturated carbocycles. The van der Waals surface area contributed by atoms with E-state index < -0.39 is 5.54 Å². The van der Waals surface area contributed by atoms with Gasteiger partial charge in [-0.25, -0.2) is 4.79 Å². The largest absolute Gasteiger partial charge is 0.496 e. The van der Waals surface area contributed by atoms with Gasteiger partial charge in [0.1, 0.15) is 11.3 Å². The van der Waals surface area contributed by atoms with Crippen LogP contribution >= 0.6 is 0 Å². The third-order valence-electron chi connectivity index (χ3n) is 5.17. The summed E-state index contributed by atoms with van der Waals surface area (Å²) in [5, 5.41) is 2.98. The Morgan fingerprint density at radius 3 is 2.72 bits per heavy atom. The van der Waals surface area contributed by atoms with E-state index in [9.17, 15) is 9.59 Å². The van der Waals surface area contributed by atoms with Crippen molar-refractivity contribution < 1.29 is 14.3 Å². The maximum Gasteiger partial charge on any atom is 0.325 e. The molecular weight excluding hydrogens is 316 g/mol. The Bertz CT molecular complexity index is 848. The first-order valence-corrected chi connectivity index (χ1v) is 8.50. The number of carbonyl (C=O) groups is 2. The molecule has 25 heavy (non-hydrogen) atoms. The van der Waals surface area contributed by atoms with Crippen molar-refractivity contribution in [2.24, 2.45) is 0 Å². The lowest BCUT2D eigenvalue weighted by atomic mass is 9.76. The van der Waals surface area contributed by atoms with Crippen molar-refractivity contribution in [3.63, 3.8) is 0 Å². The van der Waals surface area contributed by atoms with Crippen molar-refractivity contribution in [2.75, 3.05) is 7.11 Å². The van der Waals surface area contributed by atoms with Crippen LogP contribution in [0.1, 0.15) is 29.5 Å². The number of aryl methyl sites for hydroxylation is 1. The maximum atomic E-state index is 13.3. The van der Waals surface area contributed by atoms with Crippen molar-refractivity contribution in [1.82, 2.24) is 10.2 Å². The summed E-state index contributed by atoms with van der Waals surface area (Å²) in [6.07, 6.45) is 2.45. The highest BCUT2D eigenvalue weighted by Gasteiger charge is 2.53. The van der Waals surface area contributed by atoms with Crippen molar-refractivity contribution in [1.29, 1.82) is 0 Å². The van der Waals surface area contributed by atoms with Crippen LogP contribution in [0.3, 0.4) is 0 Å². The SMILES string of the molecule is COc1ccccc1CN1C(=O)N[C@@]2(CCCc3ccccc32)C1=O. The van der Waals surface area contributed by atoms with E-state index in [1.54, 1.807) is 7.11 Å². The summed E-state index contributed by atoms with van der Waals surface area (Å²) in [4.78, 5) is 27.2. The molecule has 1 saturated heterocycles. The zero-order valence-electron chi connectivity index (χ0n) is 14.1. The molecule has 1 heterocycles. The molecule has 128 valence electrons. The molecule has 0 unspecified atom stereocenters. The van der Waals surface area contributed by atoms with Gasteiger partial charge < -0.3 is 10.1 Å². The molecule has 1 aliphatic carbocycles. The molecule has 1 N–H and O–H groups in total. The second-order valence-corrected chi connectivity index (χ2v) is 6.55. The minimum Gasteiger partial charge on any atom is -0.496 e. The topological polar surface area (TPSA) is 58.6 Å². The van der Waals surface area contributed by atoms with Crippen molar-refractivity contribution in [2.45, 2.75) is 31.3 Å². The number of fused-ring (bicyclic) bond motifs is 2. The van der Waals surface area contributed by atoms with Gasteiger partial charge in [0.05, 0.1) is 13.7 Å². The fraction of sp³-hybridized carbons (Fsp3) is 0.300. The van der Waals surface area contributed by atoms with E-state index in [-0.39, 0.29) is 18.5 Å². The van der Waals surface area contributed by atoms with Gasteiger partial charge >= 0.3 is 6.03 Å². The van der Waals surface area contributed by atoms with Crippen LogP contribution in [0.15, 0.2) is 48.5 Å². The van der Waals surface area contributed by atoms with Gasteiger partial charge in [-0.15, -0.1) is 0 Å². The first-order valence-electron chi connectivity index (χ1n) is 8.50. The Balaban J connectivity index is 1.70. The number of nitrogens with one attached hydrogen (secondary N) is 1. The molecule has 1 fully saturated rings. The number of benzene rings is 2. The van der Waals surface area contributed by atoms with Gasteiger partial charge in [-0.05, 0) is 36.5 Å². The second kappa shape index (κ2) is 5.92. The number of carbonyl (C=O) groups excluding carboxylic acids is 2. The third-order valence-corrected chi connectivity index (χ3v) is 5.17. The van der Waals surface area contributed by atoms with Gasteiger partial charge in [-0.2, -0.15) is 0 Å². The van der Waals surface area contributed by atoms with Crippen LogP contribution in [0, 0.1) is 0 Å². The Labute approximate surface area is 146 Å². The summed E-state index contributed by atoms with van der Waals surface area (Å²) < 4.78 is 5.35. The summed E-state index contributed by atoms with van der Waals surface area (Å²) in [6, 6.07) is 15.0.